The minimum Gasteiger partial charge on any atom is -0.497 e. The lowest BCUT2D eigenvalue weighted by Crippen LogP contribution is -2.23. The molecule has 0 aliphatic carbocycles. The number of nitrogens with one attached hydrogen (secondary N) is 1. The molecule has 146 valence electrons. The number of hydrogen-bond donors (Lipinski definition) is 1. The highest BCUT2D eigenvalue weighted by Gasteiger charge is 2.17. The average molecular weight is 387 g/mol. The second-order valence-electron chi connectivity index (χ2n) is 6.60. The molecule has 2 aromatic carbocycles. The molecule has 4 aromatic rings. The zero-order chi connectivity index (χ0) is 20.2. The Balaban J connectivity index is 1.66. The predicted molar refractivity (Wildman–Crippen MR) is 110 cm³/mol. The zero-order valence-corrected chi connectivity index (χ0v) is 16.2. The van der Waals surface area contributed by atoms with Crippen LogP contribution in [-0.2, 0) is 13.6 Å². The maximum absolute atomic E-state index is 12.7. The minimum atomic E-state index is -0.238. The quantitative estimate of drug-likeness (QED) is 0.551. The molecule has 29 heavy (non-hydrogen) atoms. The van der Waals surface area contributed by atoms with Crippen LogP contribution in [0.1, 0.15) is 16.1 Å². The molecule has 1 amide bonds. The molecule has 0 radical (unpaired) electrons. The van der Waals surface area contributed by atoms with Crippen molar-refractivity contribution >= 4 is 5.91 Å². The number of para-hydroxylation sites is 1. The van der Waals surface area contributed by atoms with E-state index in [9.17, 15) is 4.79 Å². The number of amides is 1. The summed E-state index contributed by atoms with van der Waals surface area (Å²) >= 11 is 0. The van der Waals surface area contributed by atoms with Crippen LogP contribution in [0.4, 0.5) is 0 Å². The maximum Gasteiger partial charge on any atom is 0.272 e. The molecule has 7 heteroatoms. The number of aromatic nitrogens is 4. The molecule has 0 aliphatic heterocycles. The van der Waals surface area contributed by atoms with Crippen LogP contribution < -0.4 is 10.1 Å². The van der Waals surface area contributed by atoms with Gasteiger partial charge in [-0.1, -0.05) is 18.2 Å². The lowest BCUT2D eigenvalue weighted by Gasteiger charge is -2.08. The van der Waals surface area contributed by atoms with Crippen molar-refractivity contribution in [2.75, 3.05) is 7.11 Å². The number of carbonyl (C=O) groups excluding carboxylic acids is 1. The number of ether oxygens (including phenoxy) is 1. The van der Waals surface area contributed by atoms with E-state index in [1.807, 2.05) is 67.8 Å². The van der Waals surface area contributed by atoms with Gasteiger partial charge in [-0.2, -0.15) is 10.2 Å². The largest absolute Gasteiger partial charge is 0.497 e. The predicted octanol–water partition coefficient (Wildman–Crippen LogP) is 3.21. The Hall–Kier alpha value is -3.87. The molecule has 0 bridgehead atoms. The van der Waals surface area contributed by atoms with Gasteiger partial charge in [-0.15, -0.1) is 0 Å². The van der Waals surface area contributed by atoms with Crippen molar-refractivity contribution in [2.24, 2.45) is 7.05 Å². The molecule has 1 N–H and O–H groups in total. The first-order valence-electron chi connectivity index (χ1n) is 9.19. The van der Waals surface area contributed by atoms with Crippen LogP contribution in [0.3, 0.4) is 0 Å². The van der Waals surface area contributed by atoms with Crippen LogP contribution in [0, 0.1) is 0 Å². The third-order valence-corrected chi connectivity index (χ3v) is 4.54. The molecule has 0 spiro atoms. The van der Waals surface area contributed by atoms with Crippen molar-refractivity contribution < 1.29 is 9.53 Å². The Morgan fingerprint density at radius 1 is 1.10 bits per heavy atom. The number of aryl methyl sites for hydroxylation is 1. The third-order valence-electron chi connectivity index (χ3n) is 4.54. The fourth-order valence-corrected chi connectivity index (χ4v) is 3.06. The van der Waals surface area contributed by atoms with Gasteiger partial charge in [-0.25, -0.2) is 4.68 Å². The normalized spacial score (nSPS) is 10.7. The van der Waals surface area contributed by atoms with E-state index in [4.69, 9.17) is 4.74 Å². The van der Waals surface area contributed by atoms with Crippen LogP contribution in [0.5, 0.6) is 5.75 Å². The van der Waals surface area contributed by atoms with Gasteiger partial charge in [0, 0.05) is 30.9 Å². The molecule has 0 unspecified atom stereocenters. The van der Waals surface area contributed by atoms with E-state index in [0.717, 1.165) is 28.3 Å². The lowest BCUT2D eigenvalue weighted by molar-refractivity contribution is 0.0945. The van der Waals surface area contributed by atoms with Crippen molar-refractivity contribution in [1.29, 1.82) is 0 Å². The van der Waals surface area contributed by atoms with E-state index in [1.54, 1.807) is 28.7 Å². The average Bonchev–Trinajstić information content (AvgIpc) is 3.39. The summed E-state index contributed by atoms with van der Waals surface area (Å²) in [5.74, 6) is 0.534. The van der Waals surface area contributed by atoms with Gasteiger partial charge in [0.05, 0.1) is 24.7 Å². The van der Waals surface area contributed by atoms with Gasteiger partial charge in [0.25, 0.3) is 5.91 Å². The number of carbonyl (C=O) groups is 1. The number of nitrogens with zero attached hydrogens (tertiary/aromatic N) is 4. The monoisotopic (exact) mass is 387 g/mol. The van der Waals surface area contributed by atoms with E-state index in [1.165, 1.54) is 0 Å². The Morgan fingerprint density at radius 3 is 2.52 bits per heavy atom. The van der Waals surface area contributed by atoms with E-state index >= 15 is 0 Å². The van der Waals surface area contributed by atoms with Crippen LogP contribution in [0.2, 0.25) is 0 Å². The van der Waals surface area contributed by atoms with Gasteiger partial charge in [-0.05, 0) is 42.5 Å². The van der Waals surface area contributed by atoms with Crippen molar-refractivity contribution in [3.05, 3.63) is 84.3 Å². The van der Waals surface area contributed by atoms with Gasteiger partial charge >= 0.3 is 0 Å². The van der Waals surface area contributed by atoms with Crippen LogP contribution >= 0.6 is 0 Å². The zero-order valence-electron chi connectivity index (χ0n) is 16.2. The molecule has 0 atom stereocenters. The number of hydrogen-bond acceptors (Lipinski definition) is 4. The summed E-state index contributed by atoms with van der Waals surface area (Å²) in [4.78, 5) is 12.7. The Bertz CT molecular complexity index is 1110. The maximum atomic E-state index is 12.7. The first-order valence-corrected chi connectivity index (χ1v) is 9.19. The standard InChI is InChI=1S/C22H21N5O2/c1-26-15-16(14-24-26)13-23-22(28)20-12-21(17-8-10-19(29-2)11-9-17)27(25-20)18-6-4-3-5-7-18/h3-12,14-15H,13H2,1-2H3,(H,23,28). The fourth-order valence-electron chi connectivity index (χ4n) is 3.06. The van der Waals surface area contributed by atoms with Crippen molar-refractivity contribution in [3.63, 3.8) is 0 Å². The molecule has 0 aliphatic rings. The second-order valence-corrected chi connectivity index (χ2v) is 6.60. The molecule has 2 heterocycles. The van der Waals surface area contributed by atoms with Gasteiger partial charge < -0.3 is 10.1 Å². The van der Waals surface area contributed by atoms with Crippen molar-refractivity contribution in [3.8, 4) is 22.7 Å². The van der Waals surface area contributed by atoms with Crippen molar-refractivity contribution in [2.45, 2.75) is 6.54 Å². The SMILES string of the molecule is COc1ccc(-c2cc(C(=O)NCc3cnn(C)c3)nn2-c2ccccc2)cc1. The van der Waals surface area contributed by atoms with Gasteiger partial charge in [0.15, 0.2) is 5.69 Å². The molecule has 7 nitrogen and oxygen atoms in total. The first-order chi connectivity index (χ1) is 14.1. The molecule has 0 saturated carbocycles. The molecule has 2 aromatic heterocycles. The van der Waals surface area contributed by atoms with E-state index < -0.39 is 0 Å². The topological polar surface area (TPSA) is 74.0 Å². The van der Waals surface area contributed by atoms with E-state index in [-0.39, 0.29) is 5.91 Å². The summed E-state index contributed by atoms with van der Waals surface area (Å²) in [7, 11) is 3.47. The highest BCUT2D eigenvalue weighted by Crippen LogP contribution is 2.26. The van der Waals surface area contributed by atoms with E-state index in [2.05, 4.69) is 15.5 Å². The van der Waals surface area contributed by atoms with Crippen LogP contribution in [0.15, 0.2) is 73.1 Å². The molecule has 0 saturated heterocycles. The highest BCUT2D eigenvalue weighted by atomic mass is 16.5. The van der Waals surface area contributed by atoms with Crippen LogP contribution in [-0.4, -0.2) is 32.6 Å². The Labute approximate surface area is 168 Å². The molecule has 0 fully saturated rings. The lowest BCUT2D eigenvalue weighted by atomic mass is 10.1. The summed E-state index contributed by atoms with van der Waals surface area (Å²) in [5.41, 5.74) is 3.92. The van der Waals surface area contributed by atoms with E-state index in [0.29, 0.717) is 12.2 Å². The van der Waals surface area contributed by atoms with Gasteiger partial charge in [-0.3, -0.25) is 9.48 Å². The summed E-state index contributed by atoms with van der Waals surface area (Å²) in [6, 6.07) is 19.2. The fraction of sp³-hybridized carbons (Fsp3) is 0.136. The molecular formula is C22H21N5O2. The number of methoxy groups -OCH3 is 1. The molecular weight excluding hydrogens is 366 g/mol. The smallest absolute Gasteiger partial charge is 0.272 e. The van der Waals surface area contributed by atoms with Gasteiger partial charge in [0.2, 0.25) is 0 Å². The van der Waals surface area contributed by atoms with Gasteiger partial charge in [0.1, 0.15) is 5.75 Å². The molecule has 4 rings (SSSR count). The highest BCUT2D eigenvalue weighted by molar-refractivity contribution is 5.93. The summed E-state index contributed by atoms with van der Waals surface area (Å²) in [6.45, 7) is 0.392. The Kier molecular flexibility index (Phi) is 5.11. The van der Waals surface area contributed by atoms with Crippen molar-refractivity contribution in [1.82, 2.24) is 24.9 Å². The summed E-state index contributed by atoms with van der Waals surface area (Å²) < 4.78 is 8.73. The number of rotatable bonds is 6. The third kappa shape index (κ3) is 4.03. The summed E-state index contributed by atoms with van der Waals surface area (Å²) in [6.07, 6.45) is 3.59. The number of benzene rings is 2. The minimum absolute atomic E-state index is 0.238. The summed E-state index contributed by atoms with van der Waals surface area (Å²) in [5, 5.41) is 11.6. The first kappa shape index (κ1) is 18.5. The van der Waals surface area contributed by atoms with Crippen LogP contribution in [0.25, 0.3) is 16.9 Å². The Morgan fingerprint density at radius 2 is 1.86 bits per heavy atom. The second kappa shape index (κ2) is 8.02.